The molecule has 1 unspecified atom stereocenters. The van der Waals surface area contributed by atoms with Gasteiger partial charge < -0.3 is 30.4 Å². The van der Waals surface area contributed by atoms with E-state index >= 15 is 0 Å². The molecule has 0 bridgehead atoms. The number of nitrogens with zero attached hydrogens (tertiary/aromatic N) is 2. The van der Waals surface area contributed by atoms with Gasteiger partial charge >= 0.3 is 41.5 Å². The minimum atomic E-state index is -1.10. The third kappa shape index (κ3) is 6.56. The Morgan fingerprint density at radius 2 is 1.88 bits per heavy atom. The first-order valence-electron chi connectivity index (χ1n) is 10.5. The SMILES string of the molecule is COc1ccc(C(C#N)=Cc2ccc(N3CCC(C(CC(=O)O)C(=O)O)CC3)o2)cc1OC.[H-].[Na+]. The van der Waals surface area contributed by atoms with E-state index < -0.39 is 17.9 Å². The number of rotatable bonds is 9. The zero-order valence-corrected chi connectivity index (χ0v) is 21.5. The van der Waals surface area contributed by atoms with Gasteiger partial charge in [-0.15, -0.1) is 0 Å². The summed E-state index contributed by atoms with van der Waals surface area (Å²) >= 11 is 0. The molecule has 1 atom stereocenters. The van der Waals surface area contributed by atoms with Crippen molar-refractivity contribution in [2.24, 2.45) is 11.8 Å². The van der Waals surface area contributed by atoms with Crippen LogP contribution in [0.5, 0.6) is 11.5 Å². The molecular weight excluding hydrogens is 451 g/mol. The number of furan rings is 1. The van der Waals surface area contributed by atoms with Gasteiger partial charge in [-0.2, -0.15) is 5.26 Å². The molecule has 176 valence electrons. The third-order valence-electron chi connectivity index (χ3n) is 5.85. The van der Waals surface area contributed by atoms with E-state index in [1.165, 1.54) is 7.11 Å². The summed E-state index contributed by atoms with van der Waals surface area (Å²) in [7, 11) is 3.07. The summed E-state index contributed by atoms with van der Waals surface area (Å²) in [6.07, 6.45) is 2.39. The Bertz CT molecular complexity index is 1090. The number of benzene rings is 1. The Kier molecular flexibility index (Phi) is 10.1. The molecule has 1 fully saturated rings. The maximum Gasteiger partial charge on any atom is 1.00 e. The van der Waals surface area contributed by atoms with E-state index in [0.29, 0.717) is 60.2 Å². The minimum absolute atomic E-state index is 0. The molecule has 1 saturated heterocycles. The Morgan fingerprint density at radius 3 is 2.44 bits per heavy atom. The smallest absolute Gasteiger partial charge is 1.00 e. The molecular formula is C24H27N2NaO7. The topological polar surface area (TPSA) is 133 Å². The number of nitriles is 1. The molecule has 0 amide bonds. The fraction of sp³-hybridized carbons (Fsp3) is 0.375. The van der Waals surface area contributed by atoms with E-state index in [9.17, 15) is 20.0 Å². The van der Waals surface area contributed by atoms with Crippen LogP contribution in [-0.2, 0) is 9.59 Å². The van der Waals surface area contributed by atoms with Gasteiger partial charge in [-0.3, -0.25) is 9.59 Å². The van der Waals surface area contributed by atoms with Crippen LogP contribution in [0.3, 0.4) is 0 Å². The molecule has 0 spiro atoms. The first-order valence-corrected chi connectivity index (χ1v) is 10.5. The number of aliphatic carboxylic acids is 2. The van der Waals surface area contributed by atoms with Crippen molar-refractivity contribution in [3.63, 3.8) is 0 Å². The van der Waals surface area contributed by atoms with Crippen LogP contribution in [0.25, 0.3) is 11.6 Å². The molecule has 2 N–H and O–H groups in total. The van der Waals surface area contributed by atoms with Gasteiger partial charge in [0.15, 0.2) is 17.4 Å². The normalized spacial score (nSPS) is 15.1. The van der Waals surface area contributed by atoms with Crippen LogP contribution in [-0.4, -0.2) is 49.5 Å². The van der Waals surface area contributed by atoms with Gasteiger partial charge in [0.25, 0.3) is 0 Å². The molecule has 2 aromatic rings. The Labute approximate surface area is 221 Å². The Morgan fingerprint density at radius 1 is 1.21 bits per heavy atom. The summed E-state index contributed by atoms with van der Waals surface area (Å²) < 4.78 is 16.5. The van der Waals surface area contributed by atoms with Crippen molar-refractivity contribution in [3.05, 3.63) is 41.7 Å². The number of ether oxygens (including phenoxy) is 2. The zero-order chi connectivity index (χ0) is 24.0. The minimum Gasteiger partial charge on any atom is -1.00 e. The maximum absolute atomic E-state index is 11.5. The molecule has 34 heavy (non-hydrogen) atoms. The van der Waals surface area contributed by atoms with Crippen LogP contribution in [0.2, 0.25) is 0 Å². The van der Waals surface area contributed by atoms with Crippen LogP contribution >= 0.6 is 0 Å². The molecule has 0 saturated carbocycles. The molecule has 0 aliphatic carbocycles. The van der Waals surface area contributed by atoms with Crippen LogP contribution in [0.15, 0.2) is 34.7 Å². The van der Waals surface area contributed by atoms with Gasteiger partial charge in [-0.25, -0.2) is 0 Å². The van der Waals surface area contributed by atoms with Crippen LogP contribution in [0.4, 0.5) is 5.88 Å². The van der Waals surface area contributed by atoms with Crippen LogP contribution in [0.1, 0.15) is 32.0 Å². The van der Waals surface area contributed by atoms with E-state index in [4.69, 9.17) is 19.0 Å². The van der Waals surface area contributed by atoms with Crippen LogP contribution in [0, 0.1) is 23.2 Å². The molecule has 1 aromatic carbocycles. The number of piperidine rings is 1. The number of carboxylic acids is 2. The number of hydrogen-bond acceptors (Lipinski definition) is 7. The standard InChI is InChI=1S/C24H26N2O7.Na.H/c1-31-20-5-3-16(12-21(20)32-2)17(14-25)11-18-4-6-22(33-18)26-9-7-15(8-10-26)19(24(29)30)13-23(27)28;;/h3-6,11-12,15,19H,7-10,13H2,1-2H3,(H,27,28)(H,29,30);;/q;+1;-1. The average Bonchev–Trinajstić information content (AvgIpc) is 3.29. The second-order valence-corrected chi connectivity index (χ2v) is 7.78. The largest absolute Gasteiger partial charge is 1.00 e. The van der Waals surface area contributed by atoms with Gasteiger partial charge in [0, 0.05) is 19.2 Å². The summed E-state index contributed by atoms with van der Waals surface area (Å²) in [6, 6.07) is 11.0. The van der Waals surface area contributed by atoms with Gasteiger partial charge in [-0.1, -0.05) is 0 Å². The monoisotopic (exact) mass is 478 g/mol. The van der Waals surface area contributed by atoms with Crippen LogP contribution < -0.4 is 43.9 Å². The van der Waals surface area contributed by atoms with Crippen molar-refractivity contribution in [2.75, 3.05) is 32.2 Å². The molecule has 1 aliphatic rings. The Balaban J connectivity index is 0.00000306. The van der Waals surface area contributed by atoms with Crippen molar-refractivity contribution < 1.29 is 64.7 Å². The second-order valence-electron chi connectivity index (χ2n) is 7.78. The van der Waals surface area contributed by atoms with Crippen molar-refractivity contribution in [1.29, 1.82) is 5.26 Å². The van der Waals surface area contributed by atoms with E-state index in [0.717, 1.165) is 0 Å². The predicted octanol–water partition coefficient (Wildman–Crippen LogP) is 0.869. The van der Waals surface area contributed by atoms with E-state index in [2.05, 4.69) is 6.07 Å². The molecule has 1 aromatic heterocycles. The molecule has 9 nitrogen and oxygen atoms in total. The average molecular weight is 478 g/mol. The fourth-order valence-corrected chi connectivity index (χ4v) is 4.08. The summed E-state index contributed by atoms with van der Waals surface area (Å²) in [4.78, 5) is 24.5. The summed E-state index contributed by atoms with van der Waals surface area (Å²) in [5.41, 5.74) is 1.06. The van der Waals surface area contributed by atoms with Crippen molar-refractivity contribution in [2.45, 2.75) is 19.3 Å². The third-order valence-corrected chi connectivity index (χ3v) is 5.85. The summed E-state index contributed by atoms with van der Waals surface area (Å²) in [6.45, 7) is 1.12. The van der Waals surface area contributed by atoms with E-state index in [1.807, 2.05) is 11.0 Å². The molecule has 1 aliphatic heterocycles. The van der Waals surface area contributed by atoms with Gasteiger partial charge in [-0.05, 0) is 54.7 Å². The molecule has 10 heteroatoms. The quantitative estimate of drug-likeness (QED) is 0.398. The van der Waals surface area contributed by atoms with Crippen molar-refractivity contribution in [3.8, 4) is 17.6 Å². The zero-order valence-electron chi connectivity index (χ0n) is 20.5. The number of allylic oxidation sites excluding steroid dienone is 1. The van der Waals surface area contributed by atoms with Gasteiger partial charge in [0.2, 0.25) is 0 Å². The number of hydrogen-bond donors (Lipinski definition) is 2. The molecule has 3 rings (SSSR count). The maximum atomic E-state index is 11.5. The van der Waals surface area contributed by atoms with Crippen molar-refractivity contribution >= 4 is 29.5 Å². The number of carbonyl (C=O) groups is 2. The predicted molar refractivity (Wildman–Crippen MR) is 121 cm³/mol. The molecule has 2 heterocycles. The molecule has 0 radical (unpaired) electrons. The number of anilines is 1. The van der Waals surface area contributed by atoms with Gasteiger partial charge in [0.05, 0.1) is 38.2 Å². The summed E-state index contributed by atoms with van der Waals surface area (Å²) in [5, 5.41) is 28.0. The summed E-state index contributed by atoms with van der Waals surface area (Å²) in [5.74, 6) is -1.05. The van der Waals surface area contributed by atoms with Crippen molar-refractivity contribution in [1.82, 2.24) is 0 Å². The first kappa shape index (κ1) is 27.3. The van der Waals surface area contributed by atoms with E-state index in [1.54, 1.807) is 37.5 Å². The fourth-order valence-electron chi connectivity index (χ4n) is 4.08. The second kappa shape index (κ2) is 12.5. The Hall–Kier alpha value is -2.93. The number of methoxy groups -OCH3 is 2. The van der Waals surface area contributed by atoms with E-state index in [-0.39, 0.29) is 43.3 Å². The van der Waals surface area contributed by atoms with Gasteiger partial charge in [0.1, 0.15) is 5.76 Å². The number of carboxylic acid groups (broad SMARTS) is 2. The first-order chi connectivity index (χ1) is 15.9.